The van der Waals surface area contributed by atoms with Crippen LogP contribution in [-0.2, 0) is 6.42 Å². The van der Waals surface area contributed by atoms with E-state index in [-0.39, 0.29) is 18.0 Å². The van der Waals surface area contributed by atoms with Gasteiger partial charge in [-0.25, -0.2) is 8.78 Å². The third-order valence-electron chi connectivity index (χ3n) is 2.65. The summed E-state index contributed by atoms with van der Waals surface area (Å²) in [5.41, 5.74) is 0.793. The Labute approximate surface area is 108 Å². The fourth-order valence-electron chi connectivity index (χ4n) is 1.78. The van der Waals surface area contributed by atoms with Gasteiger partial charge in [-0.2, -0.15) is 0 Å². The first-order chi connectivity index (χ1) is 8.72. The number of aromatic nitrogens is 2. The topological polar surface area (TPSA) is 37.8 Å². The maximum Gasteiger partial charge on any atom is 0.129 e. The summed E-state index contributed by atoms with van der Waals surface area (Å²) in [6, 6.07) is 3.67. The Bertz CT molecular complexity index is 482. The van der Waals surface area contributed by atoms with E-state index in [4.69, 9.17) is 0 Å². The second-order valence-electron chi connectivity index (χ2n) is 3.84. The van der Waals surface area contributed by atoms with E-state index in [1.165, 1.54) is 29.7 Å². The number of likely N-dealkylation sites (N-methyl/N-ethyl adjacent to an activating group) is 1. The molecular formula is C12H13F2N3S. The summed E-state index contributed by atoms with van der Waals surface area (Å²) >= 11 is 1.22. The monoisotopic (exact) mass is 269 g/mol. The van der Waals surface area contributed by atoms with Crippen molar-refractivity contribution >= 4 is 11.5 Å². The molecule has 0 saturated heterocycles. The van der Waals surface area contributed by atoms with E-state index in [1.54, 1.807) is 5.38 Å². The molecule has 0 fully saturated rings. The van der Waals surface area contributed by atoms with Crippen LogP contribution in [0.4, 0.5) is 8.78 Å². The largest absolute Gasteiger partial charge is 0.309 e. The standard InChI is InChI=1S/C12H13F2N3S/c1-2-15-11(12-7-18-17-16-12)6-8-9(13)4-3-5-10(8)14/h3-5,7,11,15H,2,6H2,1H3. The van der Waals surface area contributed by atoms with Gasteiger partial charge in [-0.15, -0.1) is 5.10 Å². The number of benzene rings is 1. The second-order valence-corrected chi connectivity index (χ2v) is 4.45. The summed E-state index contributed by atoms with van der Waals surface area (Å²) < 4.78 is 31.0. The molecule has 96 valence electrons. The fraction of sp³-hybridized carbons (Fsp3) is 0.333. The van der Waals surface area contributed by atoms with Crippen molar-refractivity contribution in [3.8, 4) is 0 Å². The molecule has 1 N–H and O–H groups in total. The molecule has 2 rings (SSSR count). The van der Waals surface area contributed by atoms with E-state index in [2.05, 4.69) is 14.9 Å². The van der Waals surface area contributed by atoms with Crippen LogP contribution in [0.25, 0.3) is 0 Å². The number of nitrogens with one attached hydrogen (secondary N) is 1. The van der Waals surface area contributed by atoms with Crippen molar-refractivity contribution in [2.24, 2.45) is 0 Å². The Morgan fingerprint density at radius 2 is 2.06 bits per heavy atom. The molecule has 0 spiro atoms. The minimum Gasteiger partial charge on any atom is -0.309 e. The molecule has 1 aromatic carbocycles. The van der Waals surface area contributed by atoms with Crippen molar-refractivity contribution in [1.29, 1.82) is 0 Å². The first-order valence-corrected chi connectivity index (χ1v) is 6.49. The third kappa shape index (κ3) is 2.88. The predicted molar refractivity (Wildman–Crippen MR) is 66.4 cm³/mol. The van der Waals surface area contributed by atoms with Crippen molar-refractivity contribution < 1.29 is 8.78 Å². The van der Waals surface area contributed by atoms with E-state index >= 15 is 0 Å². The lowest BCUT2D eigenvalue weighted by atomic mass is 10.0. The Hall–Kier alpha value is -1.40. The molecule has 0 bridgehead atoms. The van der Waals surface area contributed by atoms with E-state index in [0.717, 1.165) is 0 Å². The Kier molecular flexibility index (Phi) is 4.33. The molecule has 0 aliphatic carbocycles. The molecule has 1 heterocycles. The first kappa shape index (κ1) is 13.0. The summed E-state index contributed by atoms with van der Waals surface area (Å²) in [6.45, 7) is 2.63. The van der Waals surface area contributed by atoms with Gasteiger partial charge in [-0.3, -0.25) is 0 Å². The molecule has 1 unspecified atom stereocenters. The van der Waals surface area contributed by atoms with Crippen molar-refractivity contribution in [3.63, 3.8) is 0 Å². The van der Waals surface area contributed by atoms with Gasteiger partial charge in [0.15, 0.2) is 0 Å². The van der Waals surface area contributed by atoms with Crippen LogP contribution in [0.1, 0.15) is 24.2 Å². The Morgan fingerprint density at radius 3 is 2.61 bits per heavy atom. The molecule has 6 heteroatoms. The van der Waals surface area contributed by atoms with Crippen LogP contribution in [0.15, 0.2) is 23.6 Å². The van der Waals surface area contributed by atoms with Crippen LogP contribution in [0.5, 0.6) is 0 Å². The molecule has 1 atom stereocenters. The molecular weight excluding hydrogens is 256 g/mol. The molecule has 1 aromatic heterocycles. The van der Waals surface area contributed by atoms with E-state index in [0.29, 0.717) is 12.2 Å². The number of nitrogens with zero attached hydrogens (tertiary/aromatic N) is 2. The average Bonchev–Trinajstić information content (AvgIpc) is 2.86. The van der Waals surface area contributed by atoms with Crippen LogP contribution in [-0.4, -0.2) is 16.1 Å². The van der Waals surface area contributed by atoms with Crippen molar-refractivity contribution in [1.82, 2.24) is 14.9 Å². The van der Waals surface area contributed by atoms with Crippen LogP contribution >= 0.6 is 11.5 Å². The van der Waals surface area contributed by atoms with Gasteiger partial charge in [0, 0.05) is 10.9 Å². The first-order valence-electron chi connectivity index (χ1n) is 5.65. The lowest BCUT2D eigenvalue weighted by Crippen LogP contribution is -2.24. The summed E-state index contributed by atoms with van der Waals surface area (Å²) in [5, 5.41) is 8.89. The lowest BCUT2D eigenvalue weighted by Gasteiger charge is -2.16. The molecule has 0 amide bonds. The van der Waals surface area contributed by atoms with Gasteiger partial charge < -0.3 is 5.32 Å². The second kappa shape index (κ2) is 5.97. The zero-order chi connectivity index (χ0) is 13.0. The van der Waals surface area contributed by atoms with E-state index in [1.807, 2.05) is 6.92 Å². The molecule has 18 heavy (non-hydrogen) atoms. The van der Waals surface area contributed by atoms with Crippen LogP contribution in [0, 0.1) is 11.6 Å². The summed E-state index contributed by atoms with van der Waals surface area (Å²) in [7, 11) is 0. The van der Waals surface area contributed by atoms with Crippen molar-refractivity contribution in [3.05, 3.63) is 46.5 Å². The zero-order valence-corrected chi connectivity index (χ0v) is 10.7. The average molecular weight is 269 g/mol. The van der Waals surface area contributed by atoms with Crippen molar-refractivity contribution in [2.75, 3.05) is 6.54 Å². The SMILES string of the molecule is CCNC(Cc1c(F)cccc1F)c1csnn1. The van der Waals surface area contributed by atoms with Gasteiger partial charge in [0.05, 0.1) is 11.7 Å². The van der Waals surface area contributed by atoms with Crippen LogP contribution in [0.2, 0.25) is 0 Å². The molecule has 0 saturated carbocycles. The third-order valence-corrected chi connectivity index (χ3v) is 3.18. The summed E-state index contributed by atoms with van der Waals surface area (Å²) in [4.78, 5) is 0. The highest BCUT2D eigenvalue weighted by Crippen LogP contribution is 2.21. The predicted octanol–water partition coefficient (Wildman–Crippen LogP) is 2.71. The molecule has 2 aromatic rings. The molecule has 0 radical (unpaired) electrons. The van der Waals surface area contributed by atoms with Gasteiger partial charge in [0.2, 0.25) is 0 Å². The smallest absolute Gasteiger partial charge is 0.129 e. The highest BCUT2D eigenvalue weighted by molar-refractivity contribution is 7.03. The lowest BCUT2D eigenvalue weighted by molar-refractivity contribution is 0.492. The Morgan fingerprint density at radius 1 is 1.33 bits per heavy atom. The maximum atomic E-state index is 13.6. The molecule has 3 nitrogen and oxygen atoms in total. The minimum atomic E-state index is -0.527. The van der Waals surface area contributed by atoms with Gasteiger partial charge >= 0.3 is 0 Å². The normalized spacial score (nSPS) is 12.6. The highest BCUT2D eigenvalue weighted by atomic mass is 32.1. The fourth-order valence-corrected chi connectivity index (χ4v) is 2.29. The maximum absolute atomic E-state index is 13.6. The molecule has 0 aliphatic rings. The van der Waals surface area contributed by atoms with Gasteiger partial charge in [0.1, 0.15) is 11.6 Å². The number of hydrogen-bond acceptors (Lipinski definition) is 4. The van der Waals surface area contributed by atoms with E-state index in [9.17, 15) is 8.78 Å². The minimum absolute atomic E-state index is 0.0800. The summed E-state index contributed by atoms with van der Waals surface area (Å²) in [6.07, 6.45) is 0.220. The quantitative estimate of drug-likeness (QED) is 0.907. The number of hydrogen-bond donors (Lipinski definition) is 1. The summed E-state index contributed by atoms with van der Waals surface area (Å²) in [5.74, 6) is -1.05. The molecule has 0 aliphatic heterocycles. The zero-order valence-electron chi connectivity index (χ0n) is 9.86. The van der Waals surface area contributed by atoms with Crippen LogP contribution < -0.4 is 5.32 Å². The van der Waals surface area contributed by atoms with Crippen molar-refractivity contribution in [2.45, 2.75) is 19.4 Å². The van der Waals surface area contributed by atoms with Crippen LogP contribution in [0.3, 0.4) is 0 Å². The number of rotatable bonds is 5. The van der Waals surface area contributed by atoms with E-state index < -0.39 is 11.6 Å². The van der Waals surface area contributed by atoms with Gasteiger partial charge in [-0.05, 0) is 36.6 Å². The number of halogens is 2. The van der Waals surface area contributed by atoms with Gasteiger partial charge in [-0.1, -0.05) is 17.5 Å². The van der Waals surface area contributed by atoms with Gasteiger partial charge in [0.25, 0.3) is 0 Å². The Balaban J connectivity index is 2.24. The highest BCUT2D eigenvalue weighted by Gasteiger charge is 2.18.